The summed E-state index contributed by atoms with van der Waals surface area (Å²) < 4.78 is 13.2. The standard InChI is InChI=1S/C51H32N2O2/c1-2-11-33(12-3-1)37-16-10-17-41(30-37)53(40-25-23-35(24-26-40)38-22-21-34-13-4-5-14-36(34)29-38)42-27-28-44-48(32-42)54-50-43-18-7-6-15-39(43)31-45(49(44)50)51-52-46-19-8-9-20-47(46)55-51/h1-32H. The van der Waals surface area contributed by atoms with Gasteiger partial charge in [0.2, 0.25) is 5.89 Å². The molecule has 0 aliphatic carbocycles. The minimum absolute atomic E-state index is 0.578. The molecule has 55 heavy (non-hydrogen) atoms. The van der Waals surface area contributed by atoms with Gasteiger partial charge in [-0.25, -0.2) is 4.98 Å². The van der Waals surface area contributed by atoms with E-state index in [1.54, 1.807) is 0 Å². The zero-order valence-electron chi connectivity index (χ0n) is 29.7. The average molecular weight is 705 g/mol. The van der Waals surface area contributed by atoms with Gasteiger partial charge in [-0.2, -0.15) is 0 Å². The second-order valence-electron chi connectivity index (χ2n) is 14.0. The molecule has 9 aromatic carbocycles. The third kappa shape index (κ3) is 5.34. The average Bonchev–Trinajstić information content (AvgIpc) is 3.86. The van der Waals surface area contributed by atoms with Gasteiger partial charge in [-0.1, -0.05) is 127 Å². The van der Waals surface area contributed by atoms with Gasteiger partial charge in [0.15, 0.2) is 5.58 Å². The molecule has 258 valence electrons. The van der Waals surface area contributed by atoms with E-state index in [1.165, 1.54) is 27.5 Å². The molecule has 2 aromatic heterocycles. The van der Waals surface area contributed by atoms with Crippen molar-refractivity contribution in [1.29, 1.82) is 0 Å². The summed E-state index contributed by atoms with van der Waals surface area (Å²) in [5.41, 5.74) is 11.9. The number of anilines is 3. The highest BCUT2D eigenvalue weighted by molar-refractivity contribution is 6.21. The Balaban J connectivity index is 1.09. The fourth-order valence-corrected chi connectivity index (χ4v) is 7.97. The summed E-state index contributed by atoms with van der Waals surface area (Å²) in [4.78, 5) is 7.22. The lowest BCUT2D eigenvalue weighted by atomic mass is 9.99. The summed E-state index contributed by atoms with van der Waals surface area (Å²) in [7, 11) is 0. The first-order valence-electron chi connectivity index (χ1n) is 18.5. The normalized spacial score (nSPS) is 11.6. The summed E-state index contributed by atoms with van der Waals surface area (Å²) in [5, 5.41) is 6.58. The van der Waals surface area contributed by atoms with Gasteiger partial charge in [0.1, 0.15) is 16.7 Å². The first-order valence-corrected chi connectivity index (χ1v) is 18.5. The fourth-order valence-electron chi connectivity index (χ4n) is 7.97. The van der Waals surface area contributed by atoms with Crippen molar-refractivity contribution in [3.05, 3.63) is 194 Å². The first-order chi connectivity index (χ1) is 27.2. The van der Waals surface area contributed by atoms with Gasteiger partial charge in [0.25, 0.3) is 0 Å². The lowest BCUT2D eigenvalue weighted by molar-refractivity contribution is 0.620. The molecule has 11 rings (SSSR count). The van der Waals surface area contributed by atoms with Gasteiger partial charge in [-0.3, -0.25) is 0 Å². The monoisotopic (exact) mass is 704 g/mol. The van der Waals surface area contributed by atoms with Gasteiger partial charge < -0.3 is 13.7 Å². The molecule has 0 unspecified atom stereocenters. The molecule has 0 radical (unpaired) electrons. The van der Waals surface area contributed by atoms with E-state index in [-0.39, 0.29) is 0 Å². The van der Waals surface area contributed by atoms with Crippen LogP contribution < -0.4 is 4.90 Å². The Bertz CT molecular complexity index is 3180. The van der Waals surface area contributed by atoms with Crippen molar-refractivity contribution in [1.82, 2.24) is 4.98 Å². The predicted molar refractivity (Wildman–Crippen MR) is 227 cm³/mol. The predicted octanol–water partition coefficient (Wildman–Crippen LogP) is 14.5. The molecular formula is C51H32N2O2. The van der Waals surface area contributed by atoms with Crippen LogP contribution >= 0.6 is 0 Å². The van der Waals surface area contributed by atoms with Gasteiger partial charge in [0, 0.05) is 44.9 Å². The Morgan fingerprint density at radius 1 is 0.382 bits per heavy atom. The van der Waals surface area contributed by atoms with Crippen LogP contribution in [0.5, 0.6) is 0 Å². The van der Waals surface area contributed by atoms with Crippen molar-refractivity contribution in [3.8, 4) is 33.7 Å². The third-order valence-electron chi connectivity index (χ3n) is 10.7. The number of oxazole rings is 1. The van der Waals surface area contributed by atoms with Gasteiger partial charge in [-0.15, -0.1) is 0 Å². The van der Waals surface area contributed by atoms with Crippen molar-refractivity contribution in [2.45, 2.75) is 0 Å². The zero-order valence-corrected chi connectivity index (χ0v) is 29.7. The molecule has 0 saturated carbocycles. The first kappa shape index (κ1) is 31.1. The van der Waals surface area contributed by atoms with E-state index in [9.17, 15) is 0 Å². The summed E-state index contributed by atoms with van der Waals surface area (Å²) >= 11 is 0. The summed E-state index contributed by atoms with van der Waals surface area (Å²) in [6, 6.07) is 68.2. The second-order valence-corrected chi connectivity index (χ2v) is 14.0. The second kappa shape index (κ2) is 12.6. The SMILES string of the molecule is c1ccc(-c2cccc(N(c3ccc(-c4ccc5ccccc5c4)cc3)c3ccc4c(c3)oc3c5ccccc5cc(-c5nc6ccccc6o5)c43)c2)cc1. The van der Waals surface area contributed by atoms with E-state index in [1.807, 2.05) is 24.3 Å². The van der Waals surface area contributed by atoms with Crippen LogP contribution in [0.3, 0.4) is 0 Å². The maximum Gasteiger partial charge on any atom is 0.228 e. The van der Waals surface area contributed by atoms with Crippen LogP contribution in [0.4, 0.5) is 17.1 Å². The Kier molecular flexibility index (Phi) is 7.14. The Morgan fingerprint density at radius 2 is 1.05 bits per heavy atom. The van der Waals surface area contributed by atoms with E-state index in [4.69, 9.17) is 13.8 Å². The number of para-hydroxylation sites is 2. The number of hydrogen-bond donors (Lipinski definition) is 0. The highest BCUT2D eigenvalue weighted by atomic mass is 16.3. The quantitative estimate of drug-likeness (QED) is 0.173. The van der Waals surface area contributed by atoms with Crippen molar-refractivity contribution >= 4 is 71.6 Å². The molecule has 4 heteroatoms. The maximum atomic E-state index is 6.87. The molecule has 0 bridgehead atoms. The molecule has 0 atom stereocenters. The summed E-state index contributed by atoms with van der Waals surface area (Å²) in [6.45, 7) is 0. The Labute approximate surface area is 317 Å². The van der Waals surface area contributed by atoms with Gasteiger partial charge >= 0.3 is 0 Å². The number of rotatable bonds is 6. The Morgan fingerprint density at radius 3 is 1.93 bits per heavy atom. The number of fused-ring (bicyclic) bond motifs is 7. The van der Waals surface area contributed by atoms with Gasteiger partial charge in [-0.05, 0) is 99.1 Å². The molecule has 2 heterocycles. The van der Waals surface area contributed by atoms with Crippen LogP contribution in [0.1, 0.15) is 0 Å². The van der Waals surface area contributed by atoms with Crippen molar-refractivity contribution in [2.24, 2.45) is 0 Å². The van der Waals surface area contributed by atoms with E-state index in [2.05, 4.69) is 175 Å². The number of aromatic nitrogens is 1. The van der Waals surface area contributed by atoms with Crippen LogP contribution in [-0.4, -0.2) is 4.98 Å². The maximum absolute atomic E-state index is 6.87. The molecule has 0 aliphatic heterocycles. The van der Waals surface area contributed by atoms with Crippen molar-refractivity contribution in [3.63, 3.8) is 0 Å². The molecule has 0 N–H and O–H groups in total. The minimum Gasteiger partial charge on any atom is -0.455 e. The fraction of sp³-hybridized carbons (Fsp3) is 0. The third-order valence-corrected chi connectivity index (χ3v) is 10.7. The highest BCUT2D eigenvalue weighted by Crippen LogP contribution is 2.44. The molecular weight excluding hydrogens is 673 g/mol. The molecule has 11 aromatic rings. The smallest absolute Gasteiger partial charge is 0.228 e. The van der Waals surface area contributed by atoms with Crippen molar-refractivity contribution < 1.29 is 8.83 Å². The molecule has 0 fully saturated rings. The van der Waals surface area contributed by atoms with E-state index in [0.29, 0.717) is 5.89 Å². The van der Waals surface area contributed by atoms with E-state index in [0.717, 1.165) is 72.0 Å². The zero-order chi connectivity index (χ0) is 36.3. The van der Waals surface area contributed by atoms with Crippen LogP contribution in [0.25, 0.3) is 88.3 Å². The molecule has 4 nitrogen and oxygen atoms in total. The Hall–Kier alpha value is -7.43. The molecule has 0 aliphatic rings. The largest absolute Gasteiger partial charge is 0.455 e. The number of furan rings is 1. The van der Waals surface area contributed by atoms with Crippen molar-refractivity contribution in [2.75, 3.05) is 4.90 Å². The lowest BCUT2D eigenvalue weighted by Crippen LogP contribution is -2.10. The molecule has 0 spiro atoms. The van der Waals surface area contributed by atoms with Gasteiger partial charge in [0.05, 0.1) is 0 Å². The van der Waals surface area contributed by atoms with Crippen LogP contribution in [0, 0.1) is 0 Å². The minimum atomic E-state index is 0.578. The molecule has 0 amide bonds. The number of nitrogens with zero attached hydrogens (tertiary/aromatic N) is 2. The molecule has 0 saturated heterocycles. The topological polar surface area (TPSA) is 42.4 Å². The highest BCUT2D eigenvalue weighted by Gasteiger charge is 2.22. The summed E-state index contributed by atoms with van der Waals surface area (Å²) in [5.74, 6) is 0.578. The van der Waals surface area contributed by atoms with E-state index < -0.39 is 0 Å². The van der Waals surface area contributed by atoms with Crippen LogP contribution in [0.2, 0.25) is 0 Å². The number of benzene rings is 9. The lowest BCUT2D eigenvalue weighted by Gasteiger charge is -2.26. The van der Waals surface area contributed by atoms with Crippen LogP contribution in [0.15, 0.2) is 203 Å². The van der Waals surface area contributed by atoms with E-state index >= 15 is 0 Å². The van der Waals surface area contributed by atoms with Crippen LogP contribution in [-0.2, 0) is 0 Å². The number of hydrogen-bond acceptors (Lipinski definition) is 4. The summed E-state index contributed by atoms with van der Waals surface area (Å²) in [6.07, 6.45) is 0.